The van der Waals surface area contributed by atoms with Crippen LogP contribution in [0.15, 0.2) is 12.1 Å². The van der Waals surface area contributed by atoms with Crippen LogP contribution in [0.1, 0.15) is 12.1 Å². The number of pyridine rings is 1. The van der Waals surface area contributed by atoms with Crippen LogP contribution in [-0.4, -0.2) is 29.2 Å². The number of rotatable bonds is 3. The molecule has 6 nitrogen and oxygen atoms in total. The number of nitro groups is 1. The lowest BCUT2D eigenvalue weighted by Crippen LogP contribution is -2.16. The van der Waals surface area contributed by atoms with Gasteiger partial charge in [0.15, 0.2) is 0 Å². The molecule has 1 saturated heterocycles. The van der Waals surface area contributed by atoms with E-state index in [9.17, 15) is 10.1 Å². The quantitative estimate of drug-likeness (QED) is 0.574. The molecule has 1 aliphatic rings. The van der Waals surface area contributed by atoms with Crippen molar-refractivity contribution in [2.75, 3.05) is 13.2 Å². The first-order valence-electron chi connectivity index (χ1n) is 5.03. The summed E-state index contributed by atoms with van der Waals surface area (Å²) < 4.78 is 10.7. The molecule has 0 unspecified atom stereocenters. The Morgan fingerprint density at radius 2 is 2.44 bits per heavy atom. The molecule has 0 aromatic carbocycles. The molecule has 0 radical (unpaired) electrons. The van der Waals surface area contributed by atoms with Gasteiger partial charge in [-0.15, -0.1) is 0 Å². The van der Waals surface area contributed by atoms with Crippen molar-refractivity contribution in [3.05, 3.63) is 27.9 Å². The lowest BCUT2D eigenvalue weighted by atomic mass is 10.3. The number of hydrogen-bond acceptors (Lipinski definition) is 5. The second kappa shape index (κ2) is 4.44. The SMILES string of the molecule is Cc1nc(O[C@@H]2CCOC2)ccc1[N+](=O)[O-]. The van der Waals surface area contributed by atoms with E-state index in [4.69, 9.17) is 9.47 Å². The Hall–Kier alpha value is -1.69. The van der Waals surface area contributed by atoms with Crippen LogP contribution in [0.2, 0.25) is 0 Å². The topological polar surface area (TPSA) is 74.5 Å². The lowest BCUT2D eigenvalue weighted by molar-refractivity contribution is -0.385. The Morgan fingerprint density at radius 3 is 3.00 bits per heavy atom. The van der Waals surface area contributed by atoms with Crippen molar-refractivity contribution >= 4 is 5.69 Å². The minimum Gasteiger partial charge on any atom is -0.472 e. The first-order chi connectivity index (χ1) is 7.66. The summed E-state index contributed by atoms with van der Waals surface area (Å²) in [6, 6.07) is 2.93. The highest BCUT2D eigenvalue weighted by atomic mass is 16.6. The Balaban J connectivity index is 2.11. The Labute approximate surface area is 92.3 Å². The fourth-order valence-electron chi connectivity index (χ4n) is 1.57. The van der Waals surface area contributed by atoms with Crippen molar-refractivity contribution in [2.24, 2.45) is 0 Å². The molecule has 1 fully saturated rings. The zero-order valence-electron chi connectivity index (χ0n) is 8.88. The molecule has 0 aliphatic carbocycles. The van der Waals surface area contributed by atoms with Crippen LogP contribution >= 0.6 is 0 Å². The van der Waals surface area contributed by atoms with Gasteiger partial charge in [-0.05, 0) is 6.92 Å². The maximum absolute atomic E-state index is 10.6. The van der Waals surface area contributed by atoms with Gasteiger partial charge in [-0.3, -0.25) is 10.1 Å². The van der Waals surface area contributed by atoms with E-state index in [1.54, 1.807) is 6.92 Å². The summed E-state index contributed by atoms with van der Waals surface area (Å²) in [7, 11) is 0. The molecule has 1 atom stereocenters. The number of hydrogen-bond donors (Lipinski definition) is 0. The summed E-state index contributed by atoms with van der Waals surface area (Å²) in [6.07, 6.45) is 0.839. The van der Waals surface area contributed by atoms with Gasteiger partial charge in [0, 0.05) is 18.6 Å². The van der Waals surface area contributed by atoms with Gasteiger partial charge in [0.25, 0.3) is 5.69 Å². The molecule has 6 heteroatoms. The molecular formula is C10H12N2O4. The molecule has 0 N–H and O–H groups in total. The maximum atomic E-state index is 10.6. The van der Waals surface area contributed by atoms with E-state index < -0.39 is 4.92 Å². The molecule has 1 aromatic rings. The van der Waals surface area contributed by atoms with Crippen LogP contribution in [0.4, 0.5) is 5.69 Å². The fourth-order valence-corrected chi connectivity index (χ4v) is 1.57. The van der Waals surface area contributed by atoms with E-state index in [-0.39, 0.29) is 11.8 Å². The van der Waals surface area contributed by atoms with Gasteiger partial charge in [-0.25, -0.2) is 4.98 Å². The van der Waals surface area contributed by atoms with Gasteiger partial charge in [-0.1, -0.05) is 0 Å². The summed E-state index contributed by atoms with van der Waals surface area (Å²) in [6.45, 7) is 2.84. The van der Waals surface area contributed by atoms with Crippen molar-refractivity contribution < 1.29 is 14.4 Å². The van der Waals surface area contributed by atoms with E-state index >= 15 is 0 Å². The average Bonchev–Trinajstić information content (AvgIpc) is 2.70. The van der Waals surface area contributed by atoms with Crippen molar-refractivity contribution in [2.45, 2.75) is 19.4 Å². The highest BCUT2D eigenvalue weighted by Gasteiger charge is 2.19. The van der Waals surface area contributed by atoms with E-state index in [0.29, 0.717) is 24.8 Å². The highest BCUT2D eigenvalue weighted by molar-refractivity contribution is 5.36. The molecule has 16 heavy (non-hydrogen) atoms. The van der Waals surface area contributed by atoms with Crippen molar-refractivity contribution in [1.82, 2.24) is 4.98 Å². The summed E-state index contributed by atoms with van der Waals surface area (Å²) in [5.41, 5.74) is 0.372. The van der Waals surface area contributed by atoms with E-state index in [2.05, 4.69) is 4.98 Å². The van der Waals surface area contributed by atoms with Gasteiger partial charge < -0.3 is 9.47 Å². The Morgan fingerprint density at radius 1 is 1.62 bits per heavy atom. The first kappa shape index (κ1) is 10.8. The molecule has 2 rings (SSSR count). The second-order valence-corrected chi connectivity index (χ2v) is 3.61. The predicted octanol–water partition coefficient (Wildman–Crippen LogP) is 1.47. The van der Waals surface area contributed by atoms with Crippen LogP contribution < -0.4 is 4.74 Å². The highest BCUT2D eigenvalue weighted by Crippen LogP contribution is 2.21. The van der Waals surface area contributed by atoms with Crippen LogP contribution in [0.5, 0.6) is 5.88 Å². The van der Waals surface area contributed by atoms with Gasteiger partial charge in [0.1, 0.15) is 11.8 Å². The number of aromatic nitrogens is 1. The summed E-state index contributed by atoms with van der Waals surface area (Å²) in [5, 5.41) is 10.6. The first-order valence-corrected chi connectivity index (χ1v) is 5.03. The molecular weight excluding hydrogens is 212 g/mol. The molecule has 0 spiro atoms. The molecule has 1 aliphatic heterocycles. The third-order valence-electron chi connectivity index (χ3n) is 2.40. The van der Waals surface area contributed by atoms with Gasteiger partial charge in [-0.2, -0.15) is 0 Å². The molecule has 0 bridgehead atoms. The molecule has 0 saturated carbocycles. The van der Waals surface area contributed by atoms with Gasteiger partial charge in [0.2, 0.25) is 5.88 Å². The zero-order valence-corrected chi connectivity index (χ0v) is 8.88. The zero-order chi connectivity index (χ0) is 11.5. The minimum atomic E-state index is -0.454. The lowest BCUT2D eigenvalue weighted by Gasteiger charge is -2.10. The van der Waals surface area contributed by atoms with E-state index in [1.807, 2.05) is 0 Å². The monoisotopic (exact) mass is 224 g/mol. The van der Waals surface area contributed by atoms with E-state index in [0.717, 1.165) is 6.42 Å². The normalized spacial score (nSPS) is 19.7. The summed E-state index contributed by atoms with van der Waals surface area (Å²) >= 11 is 0. The van der Waals surface area contributed by atoms with Crippen LogP contribution in [0.3, 0.4) is 0 Å². The van der Waals surface area contributed by atoms with Crippen LogP contribution in [0, 0.1) is 17.0 Å². The number of aryl methyl sites for hydroxylation is 1. The third kappa shape index (κ3) is 2.27. The standard InChI is InChI=1S/C10H12N2O4/c1-7-9(12(13)14)2-3-10(11-7)16-8-4-5-15-6-8/h2-3,8H,4-6H2,1H3/t8-/m1/s1. The maximum Gasteiger partial charge on any atom is 0.290 e. The van der Waals surface area contributed by atoms with Crippen LogP contribution in [0.25, 0.3) is 0 Å². The number of ether oxygens (including phenoxy) is 2. The largest absolute Gasteiger partial charge is 0.472 e. The molecule has 1 aromatic heterocycles. The van der Waals surface area contributed by atoms with Crippen molar-refractivity contribution in [3.8, 4) is 5.88 Å². The van der Waals surface area contributed by atoms with Crippen molar-refractivity contribution in [3.63, 3.8) is 0 Å². The fraction of sp³-hybridized carbons (Fsp3) is 0.500. The second-order valence-electron chi connectivity index (χ2n) is 3.61. The van der Waals surface area contributed by atoms with Crippen LogP contribution in [-0.2, 0) is 4.74 Å². The van der Waals surface area contributed by atoms with Gasteiger partial charge in [0.05, 0.1) is 18.1 Å². The molecule has 0 amide bonds. The summed E-state index contributed by atoms with van der Waals surface area (Å²) in [4.78, 5) is 14.2. The van der Waals surface area contributed by atoms with Gasteiger partial charge >= 0.3 is 0 Å². The predicted molar refractivity (Wildman–Crippen MR) is 55.5 cm³/mol. The third-order valence-corrected chi connectivity index (χ3v) is 2.40. The van der Waals surface area contributed by atoms with Crippen molar-refractivity contribution in [1.29, 1.82) is 0 Å². The summed E-state index contributed by atoms with van der Waals surface area (Å²) in [5.74, 6) is 0.415. The average molecular weight is 224 g/mol. The molecule has 2 heterocycles. The molecule has 86 valence electrons. The van der Waals surface area contributed by atoms with E-state index in [1.165, 1.54) is 12.1 Å². The Bertz CT molecular complexity index is 402. The minimum absolute atomic E-state index is 0.00774. The Kier molecular flexibility index (Phi) is 3.00. The smallest absolute Gasteiger partial charge is 0.290 e. The number of nitrogens with zero attached hydrogens (tertiary/aromatic N) is 2.